The summed E-state index contributed by atoms with van der Waals surface area (Å²) in [6.45, 7) is 12.2. The van der Waals surface area contributed by atoms with Crippen LogP contribution in [0.5, 0.6) is 0 Å². The van der Waals surface area contributed by atoms with E-state index in [-0.39, 0.29) is 70.1 Å². The van der Waals surface area contributed by atoms with Crippen molar-refractivity contribution in [2.75, 3.05) is 19.8 Å². The van der Waals surface area contributed by atoms with Crippen LogP contribution in [0, 0.1) is 50.2 Å². The maximum absolute atomic E-state index is 12.6. The van der Waals surface area contributed by atoms with Crippen LogP contribution < -0.4 is 0 Å². The highest BCUT2D eigenvalue weighted by molar-refractivity contribution is 5.88. The molecule has 3 aliphatic heterocycles. The van der Waals surface area contributed by atoms with E-state index in [4.69, 9.17) is 23.7 Å². The standard InChI is InChI=1S/C42H66O14/c1-20-7-8-24(53-34(20)51)21(2)28-22(45)15-40(6)38(28,4)13-14-42-18-41(42)12-10-27(37(3,19-44)26(41)9-11-39(40,42)5)55-36-33(29(47)23(46)17-52-36)56-35-32(50)31(49)30(48)25(16-43)54-35/h7,21-33,35-36,43-50H,8-19H2,1-6H3/t21-,22+,23-,24-,25+,26-,27-,28+,29-,30+,31-,32+,33+,35-,36-,37-,38-,39-,40+,41+,42-/m1/s1. The Labute approximate surface area is 329 Å². The van der Waals surface area contributed by atoms with Gasteiger partial charge in [-0.15, -0.1) is 0 Å². The monoisotopic (exact) mass is 794 g/mol. The minimum Gasteiger partial charge on any atom is -0.458 e. The number of hydrogen-bond donors (Lipinski definition) is 8. The Morgan fingerprint density at radius 3 is 2.27 bits per heavy atom. The molecule has 5 saturated carbocycles. The number of ether oxygens (including phenoxy) is 5. The van der Waals surface area contributed by atoms with Crippen LogP contribution in [0.15, 0.2) is 11.6 Å². The summed E-state index contributed by atoms with van der Waals surface area (Å²) in [6, 6.07) is 0. The van der Waals surface area contributed by atoms with Gasteiger partial charge in [-0.3, -0.25) is 0 Å². The van der Waals surface area contributed by atoms with Gasteiger partial charge in [0.1, 0.15) is 48.8 Å². The second-order valence-corrected chi connectivity index (χ2v) is 20.2. The van der Waals surface area contributed by atoms with Gasteiger partial charge in [0.2, 0.25) is 0 Å². The summed E-state index contributed by atoms with van der Waals surface area (Å²) in [5, 5.41) is 86.1. The van der Waals surface area contributed by atoms with E-state index in [2.05, 4.69) is 34.6 Å². The summed E-state index contributed by atoms with van der Waals surface area (Å²) in [6.07, 6.45) is -5.03. The number of hydrogen-bond acceptors (Lipinski definition) is 14. The number of aliphatic hydroxyl groups excluding tert-OH is 8. The van der Waals surface area contributed by atoms with E-state index in [0.717, 1.165) is 38.5 Å². The summed E-state index contributed by atoms with van der Waals surface area (Å²) in [4.78, 5) is 12.6. The van der Waals surface area contributed by atoms with Crippen molar-refractivity contribution in [2.24, 2.45) is 50.2 Å². The zero-order valence-corrected chi connectivity index (χ0v) is 33.8. The van der Waals surface area contributed by atoms with Crippen LogP contribution in [-0.2, 0) is 28.5 Å². The van der Waals surface area contributed by atoms with Gasteiger partial charge in [0.15, 0.2) is 12.6 Å². The molecule has 0 amide bonds. The van der Waals surface area contributed by atoms with E-state index in [0.29, 0.717) is 24.8 Å². The molecule has 14 nitrogen and oxygen atoms in total. The number of esters is 1. The summed E-state index contributed by atoms with van der Waals surface area (Å²) in [7, 11) is 0. The maximum Gasteiger partial charge on any atom is 0.333 e. The van der Waals surface area contributed by atoms with Gasteiger partial charge in [0, 0.05) is 17.4 Å². The van der Waals surface area contributed by atoms with Gasteiger partial charge in [0.25, 0.3) is 0 Å². The largest absolute Gasteiger partial charge is 0.458 e. The van der Waals surface area contributed by atoms with Crippen molar-refractivity contribution in [2.45, 2.75) is 173 Å². The fraction of sp³-hybridized carbons (Fsp3) is 0.929. The van der Waals surface area contributed by atoms with E-state index >= 15 is 0 Å². The van der Waals surface area contributed by atoms with Gasteiger partial charge >= 0.3 is 5.97 Å². The summed E-state index contributed by atoms with van der Waals surface area (Å²) in [5.74, 6) is -0.185. The van der Waals surface area contributed by atoms with Gasteiger partial charge in [0.05, 0.1) is 32.0 Å². The fourth-order valence-corrected chi connectivity index (χ4v) is 14.9. The first kappa shape index (κ1) is 41.5. The Balaban J connectivity index is 1.03. The minimum absolute atomic E-state index is 0.00676. The highest BCUT2D eigenvalue weighted by Gasteiger charge is 2.87. The molecular formula is C42H66O14. The highest BCUT2D eigenvalue weighted by atomic mass is 16.8. The number of fused-ring (bicyclic) bond motifs is 2. The molecule has 8 aliphatic rings. The van der Waals surface area contributed by atoms with Crippen LogP contribution in [0.2, 0.25) is 0 Å². The Hall–Kier alpha value is -1.27. The number of rotatable bonds is 8. The molecule has 0 aromatic rings. The molecule has 2 saturated heterocycles. The molecule has 318 valence electrons. The van der Waals surface area contributed by atoms with Gasteiger partial charge in [-0.1, -0.05) is 40.7 Å². The van der Waals surface area contributed by atoms with Crippen LogP contribution in [0.1, 0.15) is 99.3 Å². The van der Waals surface area contributed by atoms with Crippen molar-refractivity contribution >= 4 is 5.97 Å². The normalized spacial score (nSPS) is 57.2. The third-order valence-corrected chi connectivity index (χ3v) is 18.4. The number of cyclic esters (lactones) is 1. The van der Waals surface area contributed by atoms with Crippen molar-refractivity contribution in [3.63, 3.8) is 0 Å². The molecular weight excluding hydrogens is 728 g/mol. The van der Waals surface area contributed by atoms with Crippen molar-refractivity contribution in [3.8, 4) is 0 Å². The molecule has 56 heavy (non-hydrogen) atoms. The van der Waals surface area contributed by atoms with Gasteiger partial charge in [-0.25, -0.2) is 4.79 Å². The SMILES string of the molecule is CC1=CC[C@H]([C@@H](C)[C@H]2[C@@H](O)C[C@]3(C)[C@@]4(C)CC[C@@H]5[C@@](C)(CO)[C@H](O[C@H]6OC[C@@H](O)[C@@H](O)[C@@H]6O[C@H]6O[C@@H](CO)[C@H](O)[C@@H](O)[C@@H]6O)CC[C@]56C[C@@]64CC[C@]23C)OC1=O. The number of carbonyl (C=O) groups excluding carboxylic acids is 1. The number of carbonyl (C=O) groups is 1. The average molecular weight is 795 g/mol. The lowest BCUT2D eigenvalue weighted by Crippen LogP contribution is -2.65. The van der Waals surface area contributed by atoms with Crippen LogP contribution in [0.3, 0.4) is 0 Å². The predicted octanol–water partition coefficient (Wildman–Crippen LogP) is 1.31. The first-order chi connectivity index (χ1) is 26.3. The second-order valence-electron chi connectivity index (χ2n) is 20.2. The first-order valence-corrected chi connectivity index (χ1v) is 21.1. The lowest BCUT2D eigenvalue weighted by atomic mass is 9.36. The van der Waals surface area contributed by atoms with Crippen LogP contribution in [0.25, 0.3) is 0 Å². The molecule has 8 rings (SSSR count). The molecule has 0 aromatic heterocycles. The summed E-state index contributed by atoms with van der Waals surface area (Å²) >= 11 is 0. The van der Waals surface area contributed by atoms with E-state index < -0.39 is 79.5 Å². The quantitative estimate of drug-likeness (QED) is 0.128. The molecule has 0 aromatic carbocycles. The fourth-order valence-electron chi connectivity index (χ4n) is 14.9. The average Bonchev–Trinajstić information content (AvgIpc) is 3.79. The van der Waals surface area contributed by atoms with E-state index in [1.165, 1.54) is 0 Å². The summed E-state index contributed by atoms with van der Waals surface area (Å²) < 4.78 is 30.1. The van der Waals surface area contributed by atoms with Crippen LogP contribution in [-0.4, -0.2) is 140 Å². The van der Waals surface area contributed by atoms with E-state index in [1.807, 2.05) is 6.08 Å². The van der Waals surface area contributed by atoms with Crippen molar-refractivity contribution in [1.82, 2.24) is 0 Å². The molecule has 0 unspecified atom stereocenters. The third-order valence-electron chi connectivity index (χ3n) is 18.4. The predicted molar refractivity (Wildman–Crippen MR) is 197 cm³/mol. The topological polar surface area (TPSA) is 225 Å². The van der Waals surface area contributed by atoms with E-state index in [1.54, 1.807) is 6.92 Å². The Bertz CT molecular complexity index is 1560. The lowest BCUT2D eigenvalue weighted by molar-refractivity contribution is -0.367. The molecule has 8 N–H and O–H groups in total. The summed E-state index contributed by atoms with van der Waals surface area (Å²) in [5.41, 5.74) is -0.522. The van der Waals surface area contributed by atoms with Crippen molar-refractivity contribution in [3.05, 3.63) is 11.6 Å². The Kier molecular flexibility index (Phi) is 10.3. The Morgan fingerprint density at radius 2 is 1.59 bits per heavy atom. The molecule has 0 bridgehead atoms. The molecule has 2 spiro atoms. The highest BCUT2D eigenvalue weighted by Crippen LogP contribution is 2.93. The van der Waals surface area contributed by atoms with Crippen molar-refractivity contribution < 1.29 is 69.3 Å². The van der Waals surface area contributed by atoms with Gasteiger partial charge in [-0.05, 0) is 103 Å². The molecule has 21 atom stereocenters. The van der Waals surface area contributed by atoms with Crippen LogP contribution in [0.4, 0.5) is 0 Å². The zero-order valence-electron chi connectivity index (χ0n) is 33.8. The molecule has 7 fully saturated rings. The van der Waals surface area contributed by atoms with Gasteiger partial charge < -0.3 is 64.5 Å². The maximum atomic E-state index is 12.6. The van der Waals surface area contributed by atoms with E-state index in [9.17, 15) is 45.6 Å². The van der Waals surface area contributed by atoms with Crippen molar-refractivity contribution in [1.29, 1.82) is 0 Å². The smallest absolute Gasteiger partial charge is 0.333 e. The second kappa shape index (κ2) is 13.9. The van der Waals surface area contributed by atoms with Crippen LogP contribution >= 0.6 is 0 Å². The molecule has 0 radical (unpaired) electrons. The number of aliphatic hydroxyl groups is 8. The molecule has 3 heterocycles. The Morgan fingerprint density at radius 1 is 0.857 bits per heavy atom. The lowest BCUT2D eigenvalue weighted by Gasteiger charge is -2.68. The third kappa shape index (κ3) is 5.39. The molecule has 14 heteroatoms. The zero-order chi connectivity index (χ0) is 40.5. The molecule has 5 aliphatic carbocycles. The first-order valence-electron chi connectivity index (χ1n) is 21.1. The minimum atomic E-state index is -1.73. The van der Waals surface area contributed by atoms with Gasteiger partial charge in [-0.2, -0.15) is 0 Å².